The van der Waals surface area contributed by atoms with Gasteiger partial charge in [0.2, 0.25) is 0 Å². The quantitative estimate of drug-likeness (QED) is 0.604. The van der Waals surface area contributed by atoms with Crippen molar-refractivity contribution < 1.29 is 20.1 Å². The molecule has 1 aliphatic rings. The van der Waals surface area contributed by atoms with E-state index in [1.165, 1.54) is 30.4 Å². The highest BCUT2D eigenvalue weighted by Gasteiger charge is 2.48. The maximum Gasteiger partial charge on any atom is 0.151 e. The Kier molecular flexibility index (Phi) is 4.92. The average molecular weight is 252 g/mol. The van der Waals surface area contributed by atoms with Crippen LogP contribution in [0, 0.1) is 0 Å². The summed E-state index contributed by atoms with van der Waals surface area (Å²) in [6.07, 6.45) is -1.36. The van der Waals surface area contributed by atoms with Gasteiger partial charge in [0.15, 0.2) is 6.29 Å². The van der Waals surface area contributed by atoms with Crippen molar-refractivity contribution in [3.8, 4) is 0 Å². The molecule has 0 saturated carbocycles. The van der Waals surface area contributed by atoms with Crippen LogP contribution < -0.4 is 0 Å². The second kappa shape index (κ2) is 5.54. The summed E-state index contributed by atoms with van der Waals surface area (Å²) in [5.41, 5.74) is -1.75. The van der Waals surface area contributed by atoms with Gasteiger partial charge in [-0.1, -0.05) is 0 Å². The maximum atomic E-state index is 10.6. The first kappa shape index (κ1) is 13.3. The molecule has 3 atom stereocenters. The van der Waals surface area contributed by atoms with Gasteiger partial charge >= 0.3 is 0 Å². The molecule has 0 unspecified atom stereocenters. The molecule has 0 aromatic carbocycles. The lowest BCUT2D eigenvalue weighted by Crippen LogP contribution is -2.58. The smallest absolute Gasteiger partial charge is 0.151 e. The van der Waals surface area contributed by atoms with Gasteiger partial charge in [0, 0.05) is 0 Å². The summed E-state index contributed by atoms with van der Waals surface area (Å²) >= 11 is 2.95. The summed E-state index contributed by atoms with van der Waals surface area (Å²) in [6.45, 7) is 1.39. The largest absolute Gasteiger partial charge is 0.390 e. The van der Waals surface area contributed by atoms with Crippen LogP contribution in [0.1, 0.15) is 13.3 Å². The fourth-order valence-electron chi connectivity index (χ4n) is 1.45. The lowest BCUT2D eigenvalue weighted by atomic mass is 9.94. The van der Waals surface area contributed by atoms with Crippen molar-refractivity contribution in [2.75, 3.05) is 11.5 Å². The van der Waals surface area contributed by atoms with E-state index < -0.39 is 17.8 Å². The predicted octanol–water partition coefficient (Wildman–Crippen LogP) is -0.146. The molecule has 0 radical (unpaired) electrons. The van der Waals surface area contributed by atoms with E-state index in [1.54, 1.807) is 0 Å². The Balaban J connectivity index is 2.83. The number of aliphatic hydroxyl groups excluding tert-OH is 2. The number of rotatable bonds is 4. The van der Waals surface area contributed by atoms with Crippen LogP contribution in [-0.4, -0.2) is 55.5 Å². The fraction of sp³-hybridized carbons (Fsp3) is 0.889. The Morgan fingerprint density at radius 3 is 2.33 bits per heavy atom. The van der Waals surface area contributed by atoms with E-state index in [0.717, 1.165) is 17.9 Å². The van der Waals surface area contributed by atoms with Crippen LogP contribution in [0.2, 0.25) is 0 Å². The molecule has 0 aromatic heterocycles. The van der Waals surface area contributed by atoms with E-state index in [2.05, 4.69) is 0 Å². The zero-order chi connectivity index (χ0) is 11.5. The van der Waals surface area contributed by atoms with Crippen molar-refractivity contribution in [2.45, 2.75) is 35.7 Å². The van der Waals surface area contributed by atoms with Crippen LogP contribution in [-0.2, 0) is 4.79 Å². The molecule has 0 bridgehead atoms. The van der Waals surface area contributed by atoms with Crippen molar-refractivity contribution in [3.63, 3.8) is 0 Å². The molecule has 1 saturated heterocycles. The van der Waals surface area contributed by atoms with Crippen LogP contribution in [0.15, 0.2) is 0 Å². The van der Waals surface area contributed by atoms with Crippen LogP contribution in [0.25, 0.3) is 0 Å². The lowest BCUT2D eigenvalue weighted by molar-refractivity contribution is -0.146. The number of aliphatic hydroxyl groups is 3. The van der Waals surface area contributed by atoms with Crippen molar-refractivity contribution in [2.24, 2.45) is 0 Å². The van der Waals surface area contributed by atoms with Gasteiger partial charge in [0.1, 0.15) is 11.7 Å². The molecule has 4 nitrogen and oxygen atoms in total. The maximum absolute atomic E-state index is 10.6. The summed E-state index contributed by atoms with van der Waals surface area (Å²) < 4.78 is -0.355. The number of carbonyl (C=O) groups is 1. The molecule has 1 fully saturated rings. The monoisotopic (exact) mass is 252 g/mol. The molecule has 0 spiro atoms. The van der Waals surface area contributed by atoms with Crippen molar-refractivity contribution >= 4 is 29.8 Å². The molecule has 6 heteroatoms. The summed E-state index contributed by atoms with van der Waals surface area (Å²) in [5.74, 6) is 1.75. The minimum absolute atomic E-state index is 0.280. The Labute approximate surface area is 97.4 Å². The lowest BCUT2D eigenvalue weighted by Gasteiger charge is -2.40. The molecule has 0 amide bonds. The fourth-order valence-corrected chi connectivity index (χ4v) is 4.85. The highest BCUT2D eigenvalue weighted by Crippen LogP contribution is 2.41. The Morgan fingerprint density at radius 2 is 1.93 bits per heavy atom. The average Bonchev–Trinajstić information content (AvgIpc) is 2.27. The van der Waals surface area contributed by atoms with Gasteiger partial charge in [0.05, 0.1) is 10.7 Å². The summed E-state index contributed by atoms with van der Waals surface area (Å²) in [5, 5.41) is 29.2. The zero-order valence-corrected chi connectivity index (χ0v) is 10.1. The molecular weight excluding hydrogens is 236 g/mol. The predicted molar refractivity (Wildman–Crippen MR) is 62.0 cm³/mol. The van der Waals surface area contributed by atoms with Gasteiger partial charge in [-0.25, -0.2) is 0 Å². The standard InChI is InChI=1S/C9H16O4S2/c1-6(11)9(13,7(12)5-10)8-14-3-2-4-15-8/h5-8,11-13H,2-4H2,1H3/t6-,7-,9+/m0/s1. The van der Waals surface area contributed by atoms with Gasteiger partial charge in [0.25, 0.3) is 0 Å². The minimum Gasteiger partial charge on any atom is -0.390 e. The van der Waals surface area contributed by atoms with Crippen LogP contribution in [0.3, 0.4) is 0 Å². The van der Waals surface area contributed by atoms with Crippen LogP contribution >= 0.6 is 23.5 Å². The molecule has 3 N–H and O–H groups in total. The van der Waals surface area contributed by atoms with E-state index in [0.29, 0.717) is 0 Å². The third-order valence-electron chi connectivity index (χ3n) is 2.48. The van der Waals surface area contributed by atoms with E-state index in [1.807, 2.05) is 0 Å². The second-order valence-corrected chi connectivity index (χ2v) is 6.30. The normalized spacial score (nSPS) is 26.7. The van der Waals surface area contributed by atoms with Gasteiger partial charge in [-0.05, 0) is 24.9 Å². The third-order valence-corrected chi connectivity index (χ3v) is 5.70. The molecule has 0 aliphatic carbocycles. The van der Waals surface area contributed by atoms with E-state index >= 15 is 0 Å². The number of carbonyl (C=O) groups excluding carboxylic acids is 1. The van der Waals surface area contributed by atoms with E-state index in [9.17, 15) is 20.1 Å². The first-order valence-electron chi connectivity index (χ1n) is 4.80. The van der Waals surface area contributed by atoms with E-state index in [-0.39, 0.29) is 10.9 Å². The van der Waals surface area contributed by atoms with Gasteiger partial charge < -0.3 is 20.1 Å². The SMILES string of the molecule is C[C@H](O)[C@](O)(C1SCCCS1)[C@@H](O)C=O. The van der Waals surface area contributed by atoms with Gasteiger partial charge in [-0.15, -0.1) is 23.5 Å². The number of hydrogen-bond acceptors (Lipinski definition) is 6. The molecule has 1 heterocycles. The summed E-state index contributed by atoms with van der Waals surface area (Å²) in [6, 6.07) is 0. The molecule has 88 valence electrons. The number of hydrogen-bond donors (Lipinski definition) is 3. The van der Waals surface area contributed by atoms with Gasteiger partial charge in [-0.3, -0.25) is 0 Å². The van der Waals surface area contributed by atoms with E-state index in [4.69, 9.17) is 0 Å². The van der Waals surface area contributed by atoms with Gasteiger partial charge in [-0.2, -0.15) is 0 Å². The highest BCUT2D eigenvalue weighted by molar-refractivity contribution is 8.17. The van der Waals surface area contributed by atoms with Crippen molar-refractivity contribution in [1.82, 2.24) is 0 Å². The molecular formula is C9H16O4S2. The van der Waals surface area contributed by atoms with Crippen molar-refractivity contribution in [3.05, 3.63) is 0 Å². The summed E-state index contributed by atoms with van der Waals surface area (Å²) in [7, 11) is 0. The molecule has 15 heavy (non-hydrogen) atoms. The Morgan fingerprint density at radius 1 is 1.40 bits per heavy atom. The number of aldehydes is 1. The van der Waals surface area contributed by atoms with Crippen molar-refractivity contribution in [1.29, 1.82) is 0 Å². The number of thioether (sulfide) groups is 2. The Bertz CT molecular complexity index is 218. The minimum atomic E-state index is -1.75. The summed E-state index contributed by atoms with van der Waals surface area (Å²) in [4.78, 5) is 10.6. The zero-order valence-electron chi connectivity index (χ0n) is 8.50. The molecule has 1 aliphatic heterocycles. The van der Waals surface area contributed by atoms with Crippen LogP contribution in [0.4, 0.5) is 0 Å². The van der Waals surface area contributed by atoms with Crippen LogP contribution in [0.5, 0.6) is 0 Å². The first-order chi connectivity index (χ1) is 7.03. The highest BCUT2D eigenvalue weighted by atomic mass is 32.2. The Hall–Kier alpha value is 0.250. The first-order valence-corrected chi connectivity index (χ1v) is 6.90. The second-order valence-electron chi connectivity index (χ2n) is 3.57. The third kappa shape index (κ3) is 2.68. The molecule has 0 aromatic rings. The molecule has 1 rings (SSSR count). The topological polar surface area (TPSA) is 77.8 Å².